The predicted octanol–water partition coefficient (Wildman–Crippen LogP) is 5.23. The number of aryl methyl sites for hydroxylation is 1. The highest BCUT2D eigenvalue weighted by molar-refractivity contribution is 7.22. The number of rotatable bonds is 5. The summed E-state index contributed by atoms with van der Waals surface area (Å²) in [5.74, 6) is -0.139. The van der Waals surface area contributed by atoms with Crippen LogP contribution in [0.2, 0.25) is 0 Å². The van der Waals surface area contributed by atoms with Crippen molar-refractivity contribution < 1.29 is 4.79 Å². The number of fused-ring (bicyclic) bond motifs is 1. The maximum atomic E-state index is 13.4. The van der Waals surface area contributed by atoms with Gasteiger partial charge in [-0.25, -0.2) is 4.98 Å². The minimum absolute atomic E-state index is 0.139. The summed E-state index contributed by atoms with van der Waals surface area (Å²) in [5, 5.41) is 5.16. The van der Waals surface area contributed by atoms with Gasteiger partial charge in [0.25, 0.3) is 5.91 Å². The van der Waals surface area contributed by atoms with E-state index in [2.05, 4.69) is 5.10 Å². The van der Waals surface area contributed by atoms with Gasteiger partial charge in [0.05, 0.1) is 16.8 Å². The van der Waals surface area contributed by atoms with Crippen LogP contribution in [0.25, 0.3) is 10.2 Å². The second-order valence-electron chi connectivity index (χ2n) is 7.07. The number of para-hydroxylation sites is 1. The van der Waals surface area contributed by atoms with Crippen LogP contribution in [0.3, 0.4) is 0 Å². The lowest BCUT2D eigenvalue weighted by atomic mass is 10.2. The summed E-state index contributed by atoms with van der Waals surface area (Å²) in [4.78, 5) is 19.9. The molecule has 2 aromatic carbocycles. The summed E-state index contributed by atoms with van der Waals surface area (Å²) >= 11 is 1.53. The van der Waals surface area contributed by atoms with E-state index in [-0.39, 0.29) is 11.9 Å². The fourth-order valence-electron chi connectivity index (χ4n) is 3.06. The second kappa shape index (κ2) is 7.56. The van der Waals surface area contributed by atoms with E-state index < -0.39 is 0 Å². The first-order valence-corrected chi connectivity index (χ1v) is 10.1. The van der Waals surface area contributed by atoms with Crippen LogP contribution in [0.15, 0.2) is 60.8 Å². The van der Waals surface area contributed by atoms with Gasteiger partial charge in [-0.2, -0.15) is 5.10 Å². The summed E-state index contributed by atoms with van der Waals surface area (Å²) < 4.78 is 2.88. The molecule has 0 fully saturated rings. The Morgan fingerprint density at radius 1 is 1.11 bits per heavy atom. The minimum atomic E-state index is -0.139. The minimum Gasteiger partial charge on any atom is -0.278 e. The lowest BCUT2D eigenvalue weighted by Gasteiger charge is -2.19. The summed E-state index contributed by atoms with van der Waals surface area (Å²) in [5.41, 5.74) is 3.54. The molecule has 4 rings (SSSR count). The number of carbonyl (C=O) groups is 1. The molecule has 5 nitrogen and oxygen atoms in total. The molecule has 0 radical (unpaired) electrons. The third-order valence-corrected chi connectivity index (χ3v) is 5.67. The van der Waals surface area contributed by atoms with E-state index in [1.165, 1.54) is 11.3 Å². The summed E-state index contributed by atoms with van der Waals surface area (Å²) in [6, 6.07) is 18.1. The number of hydrogen-bond donors (Lipinski definition) is 0. The Labute approximate surface area is 168 Å². The molecule has 4 aromatic rings. The third kappa shape index (κ3) is 3.55. The van der Waals surface area contributed by atoms with Gasteiger partial charge >= 0.3 is 0 Å². The molecule has 6 heteroatoms. The number of thiazole rings is 1. The van der Waals surface area contributed by atoms with Gasteiger partial charge in [0.2, 0.25) is 0 Å². The van der Waals surface area contributed by atoms with Crippen molar-refractivity contribution in [2.45, 2.75) is 33.4 Å². The number of benzene rings is 2. The standard InChI is InChI=1S/C22H22N4OS/c1-15(2)26-13-12-18(24-26)21(27)25(14-17-9-5-4-6-10-17)22-23-20-16(3)8-7-11-19(20)28-22/h4-13,15H,14H2,1-3H3. The van der Waals surface area contributed by atoms with Crippen molar-refractivity contribution in [1.29, 1.82) is 0 Å². The Kier molecular flexibility index (Phi) is 4.96. The van der Waals surface area contributed by atoms with Crippen LogP contribution in [0.4, 0.5) is 5.13 Å². The van der Waals surface area contributed by atoms with Gasteiger partial charge in [-0.05, 0) is 44.0 Å². The normalized spacial score (nSPS) is 11.3. The van der Waals surface area contributed by atoms with E-state index in [1.807, 2.05) is 75.5 Å². The van der Waals surface area contributed by atoms with E-state index in [1.54, 1.807) is 15.6 Å². The molecular weight excluding hydrogens is 368 g/mol. The molecule has 28 heavy (non-hydrogen) atoms. The van der Waals surface area contributed by atoms with Crippen LogP contribution in [-0.4, -0.2) is 20.7 Å². The van der Waals surface area contributed by atoms with Crippen LogP contribution < -0.4 is 4.90 Å². The highest BCUT2D eigenvalue weighted by Crippen LogP contribution is 2.32. The van der Waals surface area contributed by atoms with E-state index in [0.717, 1.165) is 21.3 Å². The Morgan fingerprint density at radius 2 is 1.89 bits per heavy atom. The van der Waals surface area contributed by atoms with Gasteiger partial charge in [-0.15, -0.1) is 0 Å². The topological polar surface area (TPSA) is 51.0 Å². The number of aromatic nitrogens is 3. The van der Waals surface area contributed by atoms with Gasteiger partial charge in [0, 0.05) is 12.2 Å². The SMILES string of the molecule is Cc1cccc2sc(N(Cc3ccccc3)C(=O)c3ccn(C(C)C)n3)nc12. The van der Waals surface area contributed by atoms with Crippen molar-refractivity contribution in [2.24, 2.45) is 0 Å². The Hall–Kier alpha value is -2.99. The molecule has 2 aromatic heterocycles. The molecule has 1 amide bonds. The van der Waals surface area contributed by atoms with Crippen LogP contribution in [0, 0.1) is 6.92 Å². The van der Waals surface area contributed by atoms with Crippen LogP contribution in [-0.2, 0) is 6.54 Å². The summed E-state index contributed by atoms with van der Waals surface area (Å²) in [6.45, 7) is 6.57. The van der Waals surface area contributed by atoms with Crippen LogP contribution in [0.1, 0.15) is 41.5 Å². The van der Waals surface area contributed by atoms with Gasteiger partial charge in [-0.1, -0.05) is 53.8 Å². The molecule has 0 aliphatic heterocycles. The van der Waals surface area contributed by atoms with Gasteiger partial charge < -0.3 is 0 Å². The molecule has 2 heterocycles. The van der Waals surface area contributed by atoms with E-state index >= 15 is 0 Å². The number of hydrogen-bond acceptors (Lipinski definition) is 4. The number of nitrogens with zero attached hydrogens (tertiary/aromatic N) is 4. The highest BCUT2D eigenvalue weighted by Gasteiger charge is 2.24. The lowest BCUT2D eigenvalue weighted by Crippen LogP contribution is -2.30. The quantitative estimate of drug-likeness (QED) is 0.469. The zero-order valence-corrected chi connectivity index (χ0v) is 17.0. The molecule has 0 unspecified atom stereocenters. The first-order chi connectivity index (χ1) is 13.5. The van der Waals surface area contributed by atoms with Gasteiger partial charge in [0.15, 0.2) is 10.8 Å². The summed E-state index contributed by atoms with van der Waals surface area (Å²) in [6.07, 6.45) is 1.85. The van der Waals surface area contributed by atoms with Gasteiger partial charge in [0.1, 0.15) is 0 Å². The van der Waals surface area contributed by atoms with Crippen molar-refractivity contribution in [3.05, 3.63) is 77.6 Å². The van der Waals surface area contributed by atoms with E-state index in [9.17, 15) is 4.79 Å². The van der Waals surface area contributed by atoms with Crippen molar-refractivity contribution >= 4 is 32.6 Å². The average Bonchev–Trinajstić information content (AvgIpc) is 3.34. The fraction of sp³-hybridized carbons (Fsp3) is 0.227. The summed E-state index contributed by atoms with van der Waals surface area (Å²) in [7, 11) is 0. The maximum absolute atomic E-state index is 13.4. The molecule has 0 bridgehead atoms. The van der Waals surface area contributed by atoms with Crippen molar-refractivity contribution in [3.63, 3.8) is 0 Å². The average molecular weight is 391 g/mol. The molecule has 142 valence electrons. The Balaban J connectivity index is 1.76. The predicted molar refractivity (Wildman–Crippen MR) is 114 cm³/mol. The molecule has 0 atom stereocenters. The highest BCUT2D eigenvalue weighted by atomic mass is 32.1. The van der Waals surface area contributed by atoms with E-state index in [0.29, 0.717) is 17.4 Å². The lowest BCUT2D eigenvalue weighted by molar-refractivity contribution is 0.0979. The molecule has 0 saturated carbocycles. The molecule has 0 spiro atoms. The first-order valence-electron chi connectivity index (χ1n) is 9.30. The van der Waals surface area contributed by atoms with Crippen molar-refractivity contribution in [2.75, 3.05) is 4.90 Å². The van der Waals surface area contributed by atoms with Crippen LogP contribution in [0.5, 0.6) is 0 Å². The van der Waals surface area contributed by atoms with Crippen molar-refractivity contribution in [3.8, 4) is 0 Å². The Morgan fingerprint density at radius 3 is 2.57 bits per heavy atom. The third-order valence-electron chi connectivity index (χ3n) is 4.63. The van der Waals surface area contributed by atoms with E-state index in [4.69, 9.17) is 4.98 Å². The smallest absolute Gasteiger partial charge is 0.278 e. The largest absolute Gasteiger partial charge is 0.280 e. The maximum Gasteiger partial charge on any atom is 0.280 e. The fourth-order valence-corrected chi connectivity index (χ4v) is 4.10. The number of anilines is 1. The molecule has 0 N–H and O–H groups in total. The zero-order valence-electron chi connectivity index (χ0n) is 16.2. The molecule has 0 aliphatic carbocycles. The first kappa shape index (κ1) is 18.4. The Bertz CT molecular complexity index is 1110. The zero-order chi connectivity index (χ0) is 19.7. The number of amides is 1. The van der Waals surface area contributed by atoms with Gasteiger partial charge in [-0.3, -0.25) is 14.4 Å². The number of carbonyl (C=O) groups excluding carboxylic acids is 1. The monoisotopic (exact) mass is 390 g/mol. The molecular formula is C22H22N4OS. The molecule has 0 saturated heterocycles. The molecule has 0 aliphatic rings. The van der Waals surface area contributed by atoms with Crippen LogP contribution >= 0.6 is 11.3 Å². The second-order valence-corrected chi connectivity index (χ2v) is 8.08. The van der Waals surface area contributed by atoms with Crippen molar-refractivity contribution in [1.82, 2.24) is 14.8 Å².